The summed E-state index contributed by atoms with van der Waals surface area (Å²) >= 11 is 0. The highest BCUT2D eigenvalue weighted by Crippen LogP contribution is 2.06. The molecule has 0 heterocycles. The van der Waals surface area contributed by atoms with Gasteiger partial charge >= 0.3 is 6.09 Å². The third-order valence-corrected chi connectivity index (χ3v) is 0.881. The number of hydrogen-bond acceptors (Lipinski definition) is 3. The smallest absolute Gasteiger partial charge is 0.407 e. The number of ether oxygens (including phenoxy) is 1. The Labute approximate surface area is 72.9 Å². The lowest BCUT2D eigenvalue weighted by Crippen LogP contribution is -2.36. The Morgan fingerprint density at radius 2 is 2.17 bits per heavy atom. The van der Waals surface area contributed by atoms with E-state index in [0.29, 0.717) is 0 Å². The number of aliphatic hydroxyl groups excluding tert-OH is 1. The molecule has 0 unspecified atom stereocenters. The third kappa shape index (κ3) is 7.34. The fraction of sp³-hybridized carbons (Fsp3) is 0.750. The minimum absolute atomic E-state index is 0.106. The van der Waals surface area contributed by atoms with E-state index < -0.39 is 17.8 Å². The molecule has 4 nitrogen and oxygen atoms in total. The number of alkyl carbamates (subject to hydrolysis) is 1. The van der Waals surface area contributed by atoms with Gasteiger partial charge in [0.05, 0.1) is 6.10 Å². The lowest BCUT2D eigenvalue weighted by Gasteiger charge is -2.19. The molecular weight excluding hydrogens is 158 g/mol. The molecule has 2 N–H and O–H groups in total. The summed E-state index contributed by atoms with van der Waals surface area (Å²) in [6.07, 6.45) is -1.33. The second kappa shape index (κ2) is 4.30. The summed E-state index contributed by atoms with van der Waals surface area (Å²) in [5, 5.41) is 11.1. The first-order valence-electron chi connectivity index (χ1n) is 3.79. The van der Waals surface area contributed by atoms with Crippen LogP contribution in [0.25, 0.3) is 0 Å². The molecule has 0 aromatic rings. The summed E-state index contributed by atoms with van der Waals surface area (Å²) in [5.41, 5.74) is -0.504. The molecule has 0 rings (SSSR count). The van der Waals surface area contributed by atoms with Crippen molar-refractivity contribution >= 4 is 6.09 Å². The molecule has 0 aliphatic heterocycles. The molecular formula is C8H16NO3. The van der Waals surface area contributed by atoms with Crippen LogP contribution in [-0.2, 0) is 4.74 Å². The van der Waals surface area contributed by atoms with Crippen LogP contribution < -0.4 is 5.32 Å². The van der Waals surface area contributed by atoms with Gasteiger partial charge < -0.3 is 15.2 Å². The molecule has 0 aromatic heterocycles. The number of carbonyl (C=O) groups is 1. The van der Waals surface area contributed by atoms with Gasteiger partial charge in [0.15, 0.2) is 0 Å². The average molecular weight is 174 g/mol. The zero-order chi connectivity index (χ0) is 9.78. The molecule has 0 bridgehead atoms. The fourth-order valence-electron chi connectivity index (χ4n) is 0.515. The maximum absolute atomic E-state index is 10.9. The van der Waals surface area contributed by atoms with Crippen molar-refractivity contribution < 1.29 is 14.6 Å². The first kappa shape index (κ1) is 11.2. The minimum atomic E-state index is -0.794. The number of amides is 1. The quantitative estimate of drug-likeness (QED) is 0.648. The average Bonchev–Trinajstić information content (AvgIpc) is 1.79. The zero-order valence-corrected chi connectivity index (χ0v) is 7.76. The summed E-state index contributed by atoms with van der Waals surface area (Å²) < 4.78 is 4.90. The van der Waals surface area contributed by atoms with E-state index in [4.69, 9.17) is 9.84 Å². The first-order chi connectivity index (χ1) is 5.31. The van der Waals surface area contributed by atoms with Gasteiger partial charge in [-0.15, -0.1) is 0 Å². The van der Waals surface area contributed by atoms with Gasteiger partial charge in [0, 0.05) is 6.54 Å². The van der Waals surface area contributed by atoms with Crippen LogP contribution in [-0.4, -0.2) is 29.4 Å². The van der Waals surface area contributed by atoms with Gasteiger partial charge in [0.25, 0.3) is 0 Å². The number of aliphatic hydroxyl groups is 1. The van der Waals surface area contributed by atoms with E-state index in [1.54, 1.807) is 20.8 Å². The van der Waals surface area contributed by atoms with Gasteiger partial charge in [0.1, 0.15) is 5.60 Å². The molecule has 0 aliphatic carbocycles. The Bertz CT molecular complexity index is 149. The number of rotatable bonds is 2. The van der Waals surface area contributed by atoms with E-state index in [0.717, 1.165) is 0 Å². The zero-order valence-electron chi connectivity index (χ0n) is 7.76. The first-order valence-corrected chi connectivity index (χ1v) is 3.79. The van der Waals surface area contributed by atoms with E-state index >= 15 is 0 Å². The predicted octanol–water partition coefficient (Wildman–Crippen LogP) is 0.706. The molecule has 0 spiro atoms. The SMILES string of the molecule is [CH2][C@H](O)CNC(=O)OC(C)(C)C. The van der Waals surface area contributed by atoms with Crippen LogP contribution in [0.5, 0.6) is 0 Å². The molecule has 1 radical (unpaired) electrons. The molecule has 0 saturated heterocycles. The maximum atomic E-state index is 10.9. The van der Waals surface area contributed by atoms with E-state index in [1.807, 2.05) is 0 Å². The van der Waals surface area contributed by atoms with Gasteiger partial charge in [-0.1, -0.05) is 0 Å². The maximum Gasteiger partial charge on any atom is 0.407 e. The van der Waals surface area contributed by atoms with Gasteiger partial charge in [0.2, 0.25) is 0 Å². The van der Waals surface area contributed by atoms with Gasteiger partial charge in [-0.3, -0.25) is 0 Å². The Hall–Kier alpha value is -0.770. The van der Waals surface area contributed by atoms with E-state index in [9.17, 15) is 4.79 Å². The van der Waals surface area contributed by atoms with E-state index in [2.05, 4.69) is 12.2 Å². The second-order valence-electron chi connectivity index (χ2n) is 3.54. The van der Waals surface area contributed by atoms with Crippen LogP contribution in [0, 0.1) is 6.92 Å². The highest BCUT2D eigenvalue weighted by atomic mass is 16.6. The van der Waals surface area contributed by atoms with Crippen molar-refractivity contribution in [3.05, 3.63) is 6.92 Å². The van der Waals surface area contributed by atoms with Crippen molar-refractivity contribution in [2.75, 3.05) is 6.54 Å². The summed E-state index contributed by atoms with van der Waals surface area (Å²) in [6, 6.07) is 0. The molecule has 1 amide bonds. The van der Waals surface area contributed by atoms with Crippen LogP contribution in [0.4, 0.5) is 4.79 Å². The summed E-state index contributed by atoms with van der Waals surface area (Å²) in [5.74, 6) is 0. The van der Waals surface area contributed by atoms with Crippen molar-refractivity contribution in [3.8, 4) is 0 Å². The van der Waals surface area contributed by atoms with Gasteiger partial charge in [-0.05, 0) is 27.7 Å². The Balaban J connectivity index is 3.61. The summed E-state index contributed by atoms with van der Waals surface area (Å²) in [4.78, 5) is 10.9. The minimum Gasteiger partial charge on any atom is -0.444 e. The Morgan fingerprint density at radius 1 is 1.67 bits per heavy atom. The van der Waals surface area contributed by atoms with E-state index in [-0.39, 0.29) is 6.54 Å². The number of hydrogen-bond donors (Lipinski definition) is 2. The topological polar surface area (TPSA) is 58.6 Å². The number of nitrogens with one attached hydrogen (secondary N) is 1. The largest absolute Gasteiger partial charge is 0.444 e. The van der Waals surface area contributed by atoms with Crippen LogP contribution in [0.2, 0.25) is 0 Å². The van der Waals surface area contributed by atoms with Crippen molar-refractivity contribution in [1.29, 1.82) is 0 Å². The van der Waals surface area contributed by atoms with Crippen molar-refractivity contribution in [3.63, 3.8) is 0 Å². The van der Waals surface area contributed by atoms with Crippen LogP contribution in [0.15, 0.2) is 0 Å². The van der Waals surface area contributed by atoms with Crippen LogP contribution in [0.3, 0.4) is 0 Å². The van der Waals surface area contributed by atoms with Crippen molar-refractivity contribution in [2.24, 2.45) is 0 Å². The van der Waals surface area contributed by atoms with Gasteiger partial charge in [-0.2, -0.15) is 0 Å². The Kier molecular flexibility index (Phi) is 4.03. The van der Waals surface area contributed by atoms with Crippen LogP contribution >= 0.6 is 0 Å². The molecule has 0 saturated carbocycles. The molecule has 71 valence electrons. The van der Waals surface area contributed by atoms with E-state index in [1.165, 1.54) is 0 Å². The molecule has 0 aromatic carbocycles. The molecule has 0 fully saturated rings. The van der Waals surface area contributed by atoms with Crippen molar-refractivity contribution in [1.82, 2.24) is 5.32 Å². The lowest BCUT2D eigenvalue weighted by molar-refractivity contribution is 0.0504. The fourth-order valence-corrected chi connectivity index (χ4v) is 0.515. The molecule has 0 aliphatic rings. The highest BCUT2D eigenvalue weighted by molar-refractivity contribution is 5.67. The third-order valence-electron chi connectivity index (χ3n) is 0.881. The number of carbonyl (C=O) groups excluding carboxylic acids is 1. The van der Waals surface area contributed by atoms with Gasteiger partial charge in [-0.25, -0.2) is 4.79 Å². The molecule has 12 heavy (non-hydrogen) atoms. The highest BCUT2D eigenvalue weighted by Gasteiger charge is 2.15. The lowest BCUT2D eigenvalue weighted by atomic mass is 10.2. The predicted molar refractivity (Wildman–Crippen MR) is 45.6 cm³/mol. The van der Waals surface area contributed by atoms with Crippen molar-refractivity contribution in [2.45, 2.75) is 32.5 Å². The summed E-state index contributed by atoms with van der Waals surface area (Å²) in [7, 11) is 0. The van der Waals surface area contributed by atoms with Crippen LogP contribution in [0.1, 0.15) is 20.8 Å². The monoisotopic (exact) mass is 174 g/mol. The normalized spacial score (nSPS) is 13.8. The summed E-state index contributed by atoms with van der Waals surface area (Å²) in [6.45, 7) is 8.71. The molecule has 1 atom stereocenters. The second-order valence-corrected chi connectivity index (χ2v) is 3.54. The Morgan fingerprint density at radius 3 is 2.50 bits per heavy atom. The standard InChI is InChI=1S/C8H16NO3/c1-6(10)5-9-7(11)12-8(2,3)4/h6,10H,1,5H2,2-4H3,(H,9,11)/t6-/m0/s1. The molecule has 4 heteroatoms.